The van der Waals surface area contributed by atoms with Gasteiger partial charge < -0.3 is 0 Å². The number of hydrogen-bond donors (Lipinski definition) is 0. The molecule has 1 aliphatic rings. The fourth-order valence-corrected chi connectivity index (χ4v) is 2.86. The predicted molar refractivity (Wildman–Crippen MR) is 72.8 cm³/mol. The summed E-state index contributed by atoms with van der Waals surface area (Å²) in [5.74, 6) is 2.37. The summed E-state index contributed by atoms with van der Waals surface area (Å²) >= 11 is 0. The summed E-state index contributed by atoms with van der Waals surface area (Å²) in [4.78, 5) is 0. The number of allylic oxidation sites excluding steroid dienone is 7. The molecule has 1 heteroatoms. The summed E-state index contributed by atoms with van der Waals surface area (Å²) in [6, 6.07) is 0. The average molecular weight is 220 g/mol. The molecular formula is C14H21P. The molecule has 0 N–H and O–H groups in total. The van der Waals surface area contributed by atoms with Crippen LogP contribution in [0.5, 0.6) is 0 Å². The van der Waals surface area contributed by atoms with E-state index in [1.807, 2.05) is 0 Å². The monoisotopic (exact) mass is 220 g/mol. The Kier molecular flexibility index (Phi) is 4.54. The molecule has 0 aromatic heterocycles. The van der Waals surface area contributed by atoms with Crippen molar-refractivity contribution >= 4 is 8.58 Å². The van der Waals surface area contributed by atoms with Crippen molar-refractivity contribution in [3.63, 3.8) is 0 Å². The van der Waals surface area contributed by atoms with Crippen molar-refractivity contribution in [2.45, 2.75) is 39.3 Å². The Balaban J connectivity index is 2.66. The molecule has 0 saturated heterocycles. The van der Waals surface area contributed by atoms with Gasteiger partial charge in [0.25, 0.3) is 0 Å². The van der Waals surface area contributed by atoms with Gasteiger partial charge in [-0.3, -0.25) is 0 Å². The van der Waals surface area contributed by atoms with E-state index in [9.17, 15) is 0 Å². The van der Waals surface area contributed by atoms with Gasteiger partial charge in [0.05, 0.1) is 0 Å². The Morgan fingerprint density at radius 2 is 1.80 bits per heavy atom. The highest BCUT2D eigenvalue weighted by atomic mass is 31.1. The zero-order valence-corrected chi connectivity index (χ0v) is 11.2. The third kappa shape index (κ3) is 3.80. The van der Waals surface area contributed by atoms with E-state index in [-0.39, 0.29) is 0 Å². The lowest BCUT2D eigenvalue weighted by Gasteiger charge is -2.21. The molecular weight excluding hydrogens is 199 g/mol. The van der Waals surface area contributed by atoms with E-state index < -0.39 is 0 Å². The van der Waals surface area contributed by atoms with Crippen LogP contribution in [-0.4, -0.2) is 5.16 Å². The molecule has 82 valence electrons. The zero-order valence-electron chi connectivity index (χ0n) is 10.2. The number of hydrogen-bond acceptors (Lipinski definition) is 0. The summed E-state index contributed by atoms with van der Waals surface area (Å²) in [7, 11) is 0.856. The van der Waals surface area contributed by atoms with E-state index in [4.69, 9.17) is 0 Å². The standard InChI is InChI=1S/C14H21P/c1-5-14(8-6-7-9-14)15-11-13(4)10-12(2)3/h6-11,15H,5H2,1-4H3. The highest BCUT2D eigenvalue weighted by molar-refractivity contribution is 7.44. The van der Waals surface area contributed by atoms with Gasteiger partial charge in [-0.15, -0.1) is 0 Å². The van der Waals surface area contributed by atoms with E-state index in [0.29, 0.717) is 5.16 Å². The predicted octanol–water partition coefficient (Wildman–Crippen LogP) is 4.81. The van der Waals surface area contributed by atoms with Crippen LogP contribution in [0.15, 0.2) is 47.3 Å². The van der Waals surface area contributed by atoms with E-state index in [2.05, 4.69) is 63.9 Å². The fraction of sp³-hybridized carbons (Fsp3) is 0.429. The van der Waals surface area contributed by atoms with E-state index in [1.54, 1.807) is 0 Å². The van der Waals surface area contributed by atoms with Crippen LogP contribution < -0.4 is 0 Å². The first kappa shape index (κ1) is 12.5. The van der Waals surface area contributed by atoms with Crippen molar-refractivity contribution in [2.75, 3.05) is 0 Å². The molecule has 0 heterocycles. The maximum absolute atomic E-state index is 2.37. The van der Waals surface area contributed by atoms with Gasteiger partial charge >= 0.3 is 0 Å². The summed E-state index contributed by atoms with van der Waals surface area (Å²) in [5.41, 5.74) is 2.76. The minimum absolute atomic E-state index is 0.316. The second-order valence-electron chi connectivity index (χ2n) is 4.37. The lowest BCUT2D eigenvalue weighted by Crippen LogP contribution is -2.11. The zero-order chi connectivity index (χ0) is 11.3. The van der Waals surface area contributed by atoms with E-state index in [0.717, 1.165) is 8.58 Å². The lowest BCUT2D eigenvalue weighted by atomic mass is 10.1. The summed E-state index contributed by atoms with van der Waals surface area (Å²) in [6.07, 6.45) is 12.4. The van der Waals surface area contributed by atoms with Gasteiger partial charge in [-0.2, -0.15) is 0 Å². The highest BCUT2D eigenvalue weighted by Gasteiger charge is 2.21. The second-order valence-corrected chi connectivity index (χ2v) is 5.87. The molecule has 0 nitrogen and oxygen atoms in total. The minimum Gasteiger partial charge on any atom is -0.0838 e. The third-order valence-electron chi connectivity index (χ3n) is 2.57. The van der Waals surface area contributed by atoms with Crippen LogP contribution in [0.1, 0.15) is 34.1 Å². The lowest BCUT2D eigenvalue weighted by molar-refractivity contribution is 0.835. The van der Waals surface area contributed by atoms with Crippen molar-refractivity contribution in [3.8, 4) is 0 Å². The van der Waals surface area contributed by atoms with Gasteiger partial charge in [0.15, 0.2) is 0 Å². The molecule has 1 atom stereocenters. The first-order chi connectivity index (χ1) is 7.08. The van der Waals surface area contributed by atoms with Gasteiger partial charge in [-0.05, 0) is 27.2 Å². The Morgan fingerprint density at radius 1 is 1.20 bits per heavy atom. The van der Waals surface area contributed by atoms with Gasteiger partial charge in [0, 0.05) is 5.16 Å². The second kappa shape index (κ2) is 5.47. The quantitative estimate of drug-likeness (QED) is 0.471. The first-order valence-corrected chi connectivity index (χ1v) is 6.62. The molecule has 1 aliphatic carbocycles. The molecule has 1 unspecified atom stereocenters. The molecule has 0 bridgehead atoms. The van der Waals surface area contributed by atoms with Gasteiger partial charge in [0.2, 0.25) is 0 Å². The van der Waals surface area contributed by atoms with Gasteiger partial charge in [-0.1, -0.05) is 62.8 Å². The maximum Gasteiger partial charge on any atom is 0.0273 e. The Bertz CT molecular complexity index is 313. The maximum atomic E-state index is 2.37. The number of rotatable bonds is 4. The van der Waals surface area contributed by atoms with Crippen molar-refractivity contribution in [1.29, 1.82) is 0 Å². The molecule has 0 fully saturated rings. The van der Waals surface area contributed by atoms with Crippen molar-refractivity contribution in [3.05, 3.63) is 47.3 Å². The van der Waals surface area contributed by atoms with Gasteiger partial charge in [0.1, 0.15) is 0 Å². The van der Waals surface area contributed by atoms with E-state index >= 15 is 0 Å². The summed E-state index contributed by atoms with van der Waals surface area (Å²) in [6.45, 7) is 8.74. The third-order valence-corrected chi connectivity index (χ3v) is 4.39. The van der Waals surface area contributed by atoms with Crippen LogP contribution in [-0.2, 0) is 0 Å². The smallest absolute Gasteiger partial charge is 0.0273 e. The normalized spacial score (nSPS) is 19.1. The molecule has 0 radical (unpaired) electrons. The van der Waals surface area contributed by atoms with Crippen LogP contribution in [0.2, 0.25) is 0 Å². The molecule has 0 aromatic carbocycles. The molecule has 15 heavy (non-hydrogen) atoms. The van der Waals surface area contributed by atoms with Gasteiger partial charge in [-0.25, -0.2) is 0 Å². The summed E-state index contributed by atoms with van der Waals surface area (Å²) < 4.78 is 0. The Morgan fingerprint density at radius 3 is 2.27 bits per heavy atom. The van der Waals surface area contributed by atoms with Crippen molar-refractivity contribution < 1.29 is 0 Å². The molecule has 0 aromatic rings. The molecule has 1 rings (SSSR count). The minimum atomic E-state index is 0.316. The molecule has 0 spiro atoms. The van der Waals surface area contributed by atoms with Crippen LogP contribution in [0.4, 0.5) is 0 Å². The van der Waals surface area contributed by atoms with Crippen LogP contribution >= 0.6 is 8.58 Å². The topological polar surface area (TPSA) is 0 Å². The fourth-order valence-electron chi connectivity index (χ4n) is 1.69. The Labute approximate surface area is 95.6 Å². The van der Waals surface area contributed by atoms with Crippen LogP contribution in [0.3, 0.4) is 0 Å². The van der Waals surface area contributed by atoms with Crippen molar-refractivity contribution in [1.82, 2.24) is 0 Å². The first-order valence-electron chi connectivity index (χ1n) is 5.54. The Hall–Kier alpha value is -0.610. The SMILES string of the molecule is CCC1(PC=C(C)C=C(C)C)C=CC=C1. The van der Waals surface area contributed by atoms with Crippen LogP contribution in [0.25, 0.3) is 0 Å². The largest absolute Gasteiger partial charge is 0.0838 e. The molecule has 0 amide bonds. The molecule has 0 saturated carbocycles. The summed E-state index contributed by atoms with van der Waals surface area (Å²) in [5, 5.41) is 0.316. The van der Waals surface area contributed by atoms with Crippen molar-refractivity contribution in [2.24, 2.45) is 0 Å². The molecule has 0 aliphatic heterocycles. The van der Waals surface area contributed by atoms with Crippen LogP contribution in [0, 0.1) is 0 Å². The highest BCUT2D eigenvalue weighted by Crippen LogP contribution is 2.42. The average Bonchev–Trinajstić information content (AvgIpc) is 2.63. The van der Waals surface area contributed by atoms with E-state index in [1.165, 1.54) is 17.6 Å².